The lowest BCUT2D eigenvalue weighted by atomic mass is 10.0. The number of nitrogens with two attached hydrogens (primary N) is 2. The Labute approximate surface area is 315 Å². The summed E-state index contributed by atoms with van der Waals surface area (Å²) in [5.41, 5.74) is 15.5. The largest absolute Gasteiger partial charge is 0.508 e. The van der Waals surface area contributed by atoms with Crippen molar-refractivity contribution >= 4 is 42.2 Å². The minimum Gasteiger partial charge on any atom is -0.508 e. The van der Waals surface area contributed by atoms with Crippen molar-refractivity contribution in [1.82, 2.24) is 21.3 Å². The highest BCUT2D eigenvalue weighted by atomic mass is 32.1. The molecular formula is C40H47N7O5S. The molecule has 0 fully saturated rings. The fourth-order valence-electron chi connectivity index (χ4n) is 5.56. The van der Waals surface area contributed by atoms with Gasteiger partial charge in [-0.1, -0.05) is 97.1 Å². The van der Waals surface area contributed by atoms with Crippen LogP contribution in [0.25, 0.3) is 11.1 Å². The summed E-state index contributed by atoms with van der Waals surface area (Å²) < 4.78 is 0. The number of aromatic hydroxyl groups is 1. The zero-order valence-electron chi connectivity index (χ0n) is 29.4. The van der Waals surface area contributed by atoms with Gasteiger partial charge in [-0.3, -0.25) is 24.2 Å². The van der Waals surface area contributed by atoms with Gasteiger partial charge in [0, 0.05) is 25.3 Å². The SMILES string of the molecule is NC(N)=NCCC[C@@H](NC(=O)[C@H](CS)NC(=O)Cc1ccc(-c2ccccc2)cc1)C(=O)N[C@@H](Cc1ccc(O)cc1)C(=O)NCCc1ccccc1. The molecule has 0 saturated carbocycles. The van der Waals surface area contributed by atoms with Gasteiger partial charge >= 0.3 is 0 Å². The first-order chi connectivity index (χ1) is 25.6. The van der Waals surface area contributed by atoms with Crippen LogP contribution >= 0.6 is 12.6 Å². The first-order valence-electron chi connectivity index (χ1n) is 17.4. The molecule has 0 aromatic heterocycles. The topological polar surface area (TPSA) is 201 Å². The minimum atomic E-state index is -1.10. The number of nitrogens with zero attached hydrogens (tertiary/aromatic N) is 1. The van der Waals surface area contributed by atoms with Gasteiger partial charge in [0.1, 0.15) is 23.9 Å². The van der Waals surface area contributed by atoms with Crippen molar-refractivity contribution in [3.63, 3.8) is 0 Å². The van der Waals surface area contributed by atoms with Crippen LogP contribution in [-0.4, -0.2) is 71.7 Å². The monoisotopic (exact) mass is 737 g/mol. The number of carbonyl (C=O) groups excluding carboxylic acids is 4. The Balaban J connectivity index is 1.42. The number of rotatable bonds is 19. The predicted molar refractivity (Wildman–Crippen MR) is 210 cm³/mol. The highest BCUT2D eigenvalue weighted by molar-refractivity contribution is 7.80. The molecule has 0 heterocycles. The van der Waals surface area contributed by atoms with Crippen LogP contribution in [0.2, 0.25) is 0 Å². The zero-order chi connectivity index (χ0) is 38.0. The third-order valence-corrected chi connectivity index (χ3v) is 8.77. The lowest BCUT2D eigenvalue weighted by Crippen LogP contribution is -2.57. The average molecular weight is 738 g/mol. The summed E-state index contributed by atoms with van der Waals surface area (Å²) in [6.45, 7) is 0.540. The maximum absolute atomic E-state index is 13.8. The van der Waals surface area contributed by atoms with Gasteiger partial charge in [-0.05, 0) is 59.2 Å². The summed E-state index contributed by atoms with van der Waals surface area (Å²) >= 11 is 4.30. The van der Waals surface area contributed by atoms with Gasteiger partial charge in [0.15, 0.2) is 5.96 Å². The van der Waals surface area contributed by atoms with Gasteiger partial charge in [0.25, 0.3) is 0 Å². The Morgan fingerprint density at radius 1 is 0.660 bits per heavy atom. The molecule has 0 aliphatic heterocycles. The van der Waals surface area contributed by atoms with Gasteiger partial charge in [-0.15, -0.1) is 0 Å². The van der Waals surface area contributed by atoms with Gasteiger partial charge in [0.2, 0.25) is 23.6 Å². The number of carbonyl (C=O) groups is 4. The van der Waals surface area contributed by atoms with Crippen LogP contribution in [0.4, 0.5) is 0 Å². The van der Waals surface area contributed by atoms with Crippen LogP contribution in [0.5, 0.6) is 5.75 Å². The molecule has 278 valence electrons. The molecule has 0 unspecified atom stereocenters. The molecule has 53 heavy (non-hydrogen) atoms. The summed E-state index contributed by atoms with van der Waals surface area (Å²) in [4.78, 5) is 57.8. The quantitative estimate of drug-likeness (QED) is 0.0313. The van der Waals surface area contributed by atoms with Crippen LogP contribution in [0, 0.1) is 0 Å². The van der Waals surface area contributed by atoms with Crippen LogP contribution < -0.4 is 32.7 Å². The van der Waals surface area contributed by atoms with E-state index in [4.69, 9.17) is 11.5 Å². The third kappa shape index (κ3) is 13.7. The first kappa shape index (κ1) is 40.0. The summed E-state index contributed by atoms with van der Waals surface area (Å²) in [6, 6.07) is 30.3. The minimum absolute atomic E-state index is 0.0276. The van der Waals surface area contributed by atoms with Crippen LogP contribution in [-0.2, 0) is 38.4 Å². The molecule has 0 saturated heterocycles. The number of guanidine groups is 1. The highest BCUT2D eigenvalue weighted by Crippen LogP contribution is 2.19. The van der Waals surface area contributed by atoms with Crippen molar-refractivity contribution in [3.8, 4) is 16.9 Å². The Kier molecular flexibility index (Phi) is 15.7. The summed E-state index contributed by atoms with van der Waals surface area (Å²) in [5.74, 6) is -2.09. The second-order valence-corrected chi connectivity index (χ2v) is 12.9. The second-order valence-electron chi connectivity index (χ2n) is 12.5. The fraction of sp³-hybridized carbons (Fsp3) is 0.275. The molecule has 3 atom stereocenters. The molecule has 9 N–H and O–H groups in total. The van der Waals surface area contributed by atoms with Crippen molar-refractivity contribution < 1.29 is 24.3 Å². The number of hydrogen-bond acceptors (Lipinski definition) is 7. The smallest absolute Gasteiger partial charge is 0.244 e. The van der Waals surface area contributed by atoms with E-state index < -0.39 is 35.8 Å². The number of nitrogens with one attached hydrogen (secondary N) is 4. The van der Waals surface area contributed by atoms with Crippen molar-refractivity contribution in [2.24, 2.45) is 16.5 Å². The Morgan fingerprint density at radius 2 is 1.25 bits per heavy atom. The Bertz CT molecular complexity index is 1800. The van der Waals surface area contributed by atoms with Gasteiger partial charge in [-0.25, -0.2) is 0 Å². The lowest BCUT2D eigenvalue weighted by Gasteiger charge is -2.25. The lowest BCUT2D eigenvalue weighted by molar-refractivity contribution is -0.133. The summed E-state index contributed by atoms with van der Waals surface area (Å²) in [7, 11) is 0. The number of amides is 4. The van der Waals surface area contributed by atoms with Crippen LogP contribution in [0.3, 0.4) is 0 Å². The maximum Gasteiger partial charge on any atom is 0.244 e. The molecule has 13 heteroatoms. The molecule has 0 radical (unpaired) electrons. The molecular weight excluding hydrogens is 691 g/mol. The van der Waals surface area contributed by atoms with Crippen molar-refractivity contribution in [1.29, 1.82) is 0 Å². The van der Waals surface area contributed by atoms with E-state index in [0.717, 1.165) is 22.3 Å². The Hall–Kier alpha value is -5.82. The van der Waals surface area contributed by atoms with E-state index in [-0.39, 0.29) is 49.2 Å². The number of phenolic OH excluding ortho intramolecular Hbond substituents is 1. The average Bonchev–Trinajstić information content (AvgIpc) is 3.16. The first-order valence-corrected chi connectivity index (χ1v) is 18.0. The number of aliphatic imine (C=N–C) groups is 1. The van der Waals surface area contributed by atoms with E-state index in [1.807, 2.05) is 84.9 Å². The number of hydrogen-bond donors (Lipinski definition) is 8. The van der Waals surface area contributed by atoms with E-state index in [1.165, 1.54) is 12.1 Å². The van der Waals surface area contributed by atoms with Gasteiger partial charge < -0.3 is 37.8 Å². The Morgan fingerprint density at radius 3 is 1.89 bits per heavy atom. The van der Waals surface area contributed by atoms with E-state index in [2.05, 4.69) is 38.9 Å². The highest BCUT2D eigenvalue weighted by Gasteiger charge is 2.29. The molecule has 0 spiro atoms. The molecule has 12 nitrogen and oxygen atoms in total. The summed E-state index contributed by atoms with van der Waals surface area (Å²) in [5, 5.41) is 20.9. The van der Waals surface area contributed by atoms with E-state index in [9.17, 15) is 24.3 Å². The third-order valence-electron chi connectivity index (χ3n) is 8.40. The van der Waals surface area contributed by atoms with E-state index in [1.54, 1.807) is 12.1 Å². The van der Waals surface area contributed by atoms with E-state index >= 15 is 0 Å². The molecule has 4 rings (SSSR count). The zero-order valence-corrected chi connectivity index (χ0v) is 30.3. The molecule has 4 aromatic carbocycles. The fourth-order valence-corrected chi connectivity index (χ4v) is 5.82. The van der Waals surface area contributed by atoms with Crippen molar-refractivity contribution in [2.75, 3.05) is 18.8 Å². The van der Waals surface area contributed by atoms with Gasteiger partial charge in [0.05, 0.1) is 6.42 Å². The molecule has 4 amide bonds. The molecule has 0 aliphatic carbocycles. The predicted octanol–water partition coefficient (Wildman–Crippen LogP) is 2.64. The van der Waals surface area contributed by atoms with Gasteiger partial charge in [-0.2, -0.15) is 12.6 Å². The van der Waals surface area contributed by atoms with Crippen LogP contribution in [0.15, 0.2) is 114 Å². The van der Waals surface area contributed by atoms with E-state index in [0.29, 0.717) is 24.9 Å². The number of phenols is 1. The molecule has 0 aliphatic rings. The maximum atomic E-state index is 13.8. The van der Waals surface area contributed by atoms with Crippen LogP contribution in [0.1, 0.15) is 29.5 Å². The standard InChI is InChI=1S/C40H47N7O5S/c41-40(42)44-22-7-12-33(46-39(52)35(26-53)45-36(49)25-29-13-17-31(18-14-29)30-10-5-2-6-11-30)38(51)47-34(24-28-15-19-32(48)20-16-28)37(50)43-23-21-27-8-3-1-4-9-27/h1-6,8-11,13-20,33-35,48,53H,7,12,21-26H2,(H,43,50)(H,45,49)(H,46,52)(H,47,51)(H4,41,42,44)/t33-,34+,35+/m1/s1. The second kappa shape index (κ2) is 20.9. The van der Waals surface area contributed by atoms with Crippen molar-refractivity contribution in [3.05, 3.63) is 126 Å². The molecule has 0 bridgehead atoms. The van der Waals surface area contributed by atoms with Crippen molar-refractivity contribution in [2.45, 2.75) is 50.2 Å². The number of benzene rings is 4. The summed E-state index contributed by atoms with van der Waals surface area (Å²) in [6.07, 6.45) is 1.22. The molecule has 4 aromatic rings. The number of thiol groups is 1. The normalized spacial score (nSPS) is 12.4.